The molecule has 0 spiro atoms. The van der Waals surface area contributed by atoms with Crippen LogP contribution in [0.1, 0.15) is 24.8 Å². The van der Waals surface area contributed by atoms with Gasteiger partial charge in [0.05, 0.1) is 11.0 Å². The van der Waals surface area contributed by atoms with E-state index >= 15 is 0 Å². The molecule has 3 rings (SSSR count). The number of nitrogens with two attached hydrogens (primary N) is 1. The summed E-state index contributed by atoms with van der Waals surface area (Å²) in [5.74, 6) is 1.33. The van der Waals surface area contributed by atoms with Gasteiger partial charge in [-0.1, -0.05) is 43.3 Å². The third-order valence-electron chi connectivity index (χ3n) is 3.80. The van der Waals surface area contributed by atoms with Crippen LogP contribution in [0.4, 0.5) is 0 Å². The van der Waals surface area contributed by atoms with Crippen LogP contribution in [0.25, 0.3) is 22.4 Å². The topological polar surface area (TPSA) is 54.7 Å². The number of imidazole rings is 1. The highest BCUT2D eigenvalue weighted by atomic mass is 14.9. The standard InChI is InChI=1S/C17H19N3/c1-2-12(11-18)14-8-9-15-16(10-14)20-17(19-15)13-6-4-3-5-7-13/h3-10,12H,2,11,18H2,1H3,(H,19,20). The van der Waals surface area contributed by atoms with Crippen molar-refractivity contribution in [2.24, 2.45) is 5.73 Å². The molecule has 0 amide bonds. The summed E-state index contributed by atoms with van der Waals surface area (Å²) in [6, 6.07) is 16.6. The Labute approximate surface area is 118 Å². The predicted octanol–water partition coefficient (Wildman–Crippen LogP) is 3.68. The van der Waals surface area contributed by atoms with Gasteiger partial charge < -0.3 is 10.7 Å². The molecule has 1 unspecified atom stereocenters. The lowest BCUT2D eigenvalue weighted by Gasteiger charge is -2.11. The molecule has 1 atom stereocenters. The van der Waals surface area contributed by atoms with Crippen molar-refractivity contribution in [3.05, 3.63) is 54.1 Å². The maximum Gasteiger partial charge on any atom is 0.138 e. The number of aromatic nitrogens is 2. The van der Waals surface area contributed by atoms with Gasteiger partial charge in [-0.3, -0.25) is 0 Å². The lowest BCUT2D eigenvalue weighted by atomic mass is 9.96. The Morgan fingerprint density at radius 3 is 2.65 bits per heavy atom. The monoisotopic (exact) mass is 265 g/mol. The van der Waals surface area contributed by atoms with E-state index in [-0.39, 0.29) is 0 Å². The maximum atomic E-state index is 5.83. The third kappa shape index (κ3) is 2.32. The minimum Gasteiger partial charge on any atom is -0.338 e. The second-order valence-electron chi connectivity index (χ2n) is 5.07. The van der Waals surface area contributed by atoms with E-state index in [0.717, 1.165) is 28.8 Å². The van der Waals surface area contributed by atoms with Gasteiger partial charge in [0.2, 0.25) is 0 Å². The van der Waals surface area contributed by atoms with Crippen LogP contribution in [0.15, 0.2) is 48.5 Å². The van der Waals surface area contributed by atoms with Crippen LogP contribution in [-0.2, 0) is 0 Å². The number of H-pyrrole nitrogens is 1. The van der Waals surface area contributed by atoms with Gasteiger partial charge >= 0.3 is 0 Å². The van der Waals surface area contributed by atoms with Gasteiger partial charge in [0.25, 0.3) is 0 Å². The highest BCUT2D eigenvalue weighted by molar-refractivity contribution is 5.80. The molecule has 1 aromatic heterocycles. The number of hydrogen-bond donors (Lipinski definition) is 2. The Morgan fingerprint density at radius 2 is 1.95 bits per heavy atom. The minimum absolute atomic E-state index is 0.419. The first kappa shape index (κ1) is 12.9. The van der Waals surface area contributed by atoms with Crippen molar-refractivity contribution >= 4 is 11.0 Å². The fourth-order valence-electron chi connectivity index (χ4n) is 2.55. The molecule has 3 aromatic rings. The molecule has 3 nitrogen and oxygen atoms in total. The Bertz CT molecular complexity index is 697. The number of rotatable bonds is 4. The van der Waals surface area contributed by atoms with Crippen LogP contribution in [0, 0.1) is 0 Å². The zero-order valence-electron chi connectivity index (χ0n) is 11.6. The summed E-state index contributed by atoms with van der Waals surface area (Å²) in [6.45, 7) is 2.85. The summed E-state index contributed by atoms with van der Waals surface area (Å²) < 4.78 is 0. The van der Waals surface area contributed by atoms with Crippen molar-refractivity contribution < 1.29 is 0 Å². The molecule has 1 heterocycles. The summed E-state index contributed by atoms with van der Waals surface area (Å²) in [6.07, 6.45) is 1.06. The van der Waals surface area contributed by atoms with Crippen molar-refractivity contribution in [1.29, 1.82) is 0 Å². The number of aromatic amines is 1. The van der Waals surface area contributed by atoms with Gasteiger partial charge in [-0.2, -0.15) is 0 Å². The van der Waals surface area contributed by atoms with Gasteiger partial charge in [-0.15, -0.1) is 0 Å². The summed E-state index contributed by atoms with van der Waals surface area (Å²) >= 11 is 0. The van der Waals surface area contributed by atoms with Crippen LogP contribution >= 0.6 is 0 Å². The molecule has 0 radical (unpaired) electrons. The van der Waals surface area contributed by atoms with Crippen LogP contribution in [-0.4, -0.2) is 16.5 Å². The highest BCUT2D eigenvalue weighted by Gasteiger charge is 2.10. The molecule has 3 N–H and O–H groups in total. The second kappa shape index (κ2) is 5.47. The molecule has 20 heavy (non-hydrogen) atoms. The lowest BCUT2D eigenvalue weighted by molar-refractivity contribution is 0.675. The zero-order valence-corrected chi connectivity index (χ0v) is 11.6. The normalized spacial score (nSPS) is 12.7. The molecular weight excluding hydrogens is 246 g/mol. The second-order valence-corrected chi connectivity index (χ2v) is 5.07. The fourth-order valence-corrected chi connectivity index (χ4v) is 2.55. The van der Waals surface area contributed by atoms with Crippen molar-refractivity contribution in [3.63, 3.8) is 0 Å². The SMILES string of the molecule is CCC(CN)c1ccc2nc(-c3ccccc3)[nH]c2c1. The molecule has 2 aromatic carbocycles. The number of hydrogen-bond acceptors (Lipinski definition) is 2. The Morgan fingerprint density at radius 1 is 1.15 bits per heavy atom. The summed E-state index contributed by atoms with van der Waals surface area (Å²) in [5, 5.41) is 0. The summed E-state index contributed by atoms with van der Waals surface area (Å²) in [5.41, 5.74) is 10.3. The zero-order chi connectivity index (χ0) is 13.9. The number of fused-ring (bicyclic) bond motifs is 1. The van der Waals surface area contributed by atoms with E-state index in [9.17, 15) is 0 Å². The number of nitrogens with one attached hydrogen (secondary N) is 1. The first-order valence-electron chi connectivity index (χ1n) is 7.07. The lowest BCUT2D eigenvalue weighted by Crippen LogP contribution is -2.11. The van der Waals surface area contributed by atoms with E-state index in [4.69, 9.17) is 5.73 Å². The van der Waals surface area contributed by atoms with Crippen molar-refractivity contribution in [2.45, 2.75) is 19.3 Å². The maximum absolute atomic E-state index is 5.83. The van der Waals surface area contributed by atoms with Gasteiger partial charge in [0, 0.05) is 5.56 Å². The van der Waals surface area contributed by atoms with Gasteiger partial charge in [-0.25, -0.2) is 4.98 Å². The molecule has 0 saturated carbocycles. The molecule has 0 fully saturated rings. The Kier molecular flexibility index (Phi) is 3.52. The molecule has 0 aliphatic carbocycles. The van der Waals surface area contributed by atoms with E-state index in [1.807, 2.05) is 18.2 Å². The largest absolute Gasteiger partial charge is 0.338 e. The molecule has 3 heteroatoms. The average Bonchev–Trinajstić information content (AvgIpc) is 2.93. The van der Waals surface area contributed by atoms with E-state index < -0.39 is 0 Å². The van der Waals surface area contributed by atoms with Crippen molar-refractivity contribution in [3.8, 4) is 11.4 Å². The van der Waals surface area contributed by atoms with Crippen LogP contribution in [0.3, 0.4) is 0 Å². The predicted molar refractivity (Wildman–Crippen MR) is 83.6 cm³/mol. The fraction of sp³-hybridized carbons (Fsp3) is 0.235. The van der Waals surface area contributed by atoms with Crippen molar-refractivity contribution in [1.82, 2.24) is 9.97 Å². The Balaban J connectivity index is 2.04. The molecule has 102 valence electrons. The van der Waals surface area contributed by atoms with Crippen LogP contribution < -0.4 is 5.73 Å². The minimum atomic E-state index is 0.419. The number of nitrogens with zero attached hydrogens (tertiary/aromatic N) is 1. The van der Waals surface area contributed by atoms with E-state index in [2.05, 4.69) is 47.2 Å². The average molecular weight is 265 g/mol. The highest BCUT2D eigenvalue weighted by Crippen LogP contribution is 2.25. The van der Waals surface area contributed by atoms with E-state index in [1.165, 1.54) is 5.56 Å². The number of benzene rings is 2. The quantitative estimate of drug-likeness (QED) is 0.756. The van der Waals surface area contributed by atoms with Crippen LogP contribution in [0.2, 0.25) is 0 Å². The molecule has 0 bridgehead atoms. The third-order valence-corrected chi connectivity index (χ3v) is 3.80. The van der Waals surface area contributed by atoms with Gasteiger partial charge in [0.1, 0.15) is 5.82 Å². The molecule has 0 saturated heterocycles. The first-order chi connectivity index (χ1) is 9.81. The Hall–Kier alpha value is -2.13. The first-order valence-corrected chi connectivity index (χ1v) is 7.07. The summed E-state index contributed by atoms with van der Waals surface area (Å²) in [4.78, 5) is 8.05. The van der Waals surface area contributed by atoms with Crippen LogP contribution in [0.5, 0.6) is 0 Å². The molecule has 0 aliphatic heterocycles. The molecular formula is C17H19N3. The van der Waals surface area contributed by atoms with Gasteiger partial charge in [0.15, 0.2) is 0 Å². The summed E-state index contributed by atoms with van der Waals surface area (Å²) in [7, 11) is 0. The van der Waals surface area contributed by atoms with E-state index in [0.29, 0.717) is 12.5 Å². The van der Waals surface area contributed by atoms with Gasteiger partial charge in [-0.05, 0) is 36.6 Å². The smallest absolute Gasteiger partial charge is 0.138 e. The molecule has 0 aliphatic rings. The van der Waals surface area contributed by atoms with E-state index in [1.54, 1.807) is 0 Å². The van der Waals surface area contributed by atoms with Crippen molar-refractivity contribution in [2.75, 3.05) is 6.54 Å².